The number of aromatic nitrogens is 4. The summed E-state index contributed by atoms with van der Waals surface area (Å²) in [6, 6.07) is 17.4. The first kappa shape index (κ1) is 20.1. The number of rotatable bonds is 6. The Bertz CT molecular complexity index is 1050. The summed E-state index contributed by atoms with van der Waals surface area (Å²) in [7, 11) is 0. The first-order valence-electron chi connectivity index (χ1n) is 9.87. The summed E-state index contributed by atoms with van der Waals surface area (Å²) >= 11 is 6.07. The van der Waals surface area contributed by atoms with Crippen LogP contribution in [-0.2, 0) is 4.79 Å². The Hall–Kier alpha value is -3.19. The maximum absolute atomic E-state index is 12.6. The van der Waals surface area contributed by atoms with Gasteiger partial charge in [-0.25, -0.2) is 0 Å². The fourth-order valence-corrected chi connectivity index (χ4v) is 3.52. The van der Waals surface area contributed by atoms with Crippen molar-refractivity contribution in [2.45, 2.75) is 19.9 Å². The molecule has 1 aromatic heterocycles. The zero-order chi connectivity index (χ0) is 21.1. The molecule has 1 atom stereocenters. The van der Waals surface area contributed by atoms with Gasteiger partial charge in [0.15, 0.2) is 0 Å². The van der Waals surface area contributed by atoms with E-state index < -0.39 is 0 Å². The number of hydrogen-bond donors (Lipinski definition) is 1. The van der Waals surface area contributed by atoms with Crippen molar-refractivity contribution in [2.24, 2.45) is 5.92 Å². The molecule has 0 aliphatic carbocycles. The molecular weight excluding hydrogens is 400 g/mol. The van der Waals surface area contributed by atoms with Gasteiger partial charge in [0.05, 0.1) is 5.70 Å². The Labute approximate surface area is 180 Å². The number of allylic oxidation sites excluding steroid dienone is 1. The van der Waals surface area contributed by atoms with Gasteiger partial charge in [0, 0.05) is 11.6 Å². The van der Waals surface area contributed by atoms with Crippen molar-refractivity contribution < 1.29 is 4.79 Å². The number of nitrogens with one attached hydrogen (secondary N) is 1. The van der Waals surface area contributed by atoms with Gasteiger partial charge in [-0.3, -0.25) is 9.69 Å². The molecule has 30 heavy (non-hydrogen) atoms. The predicted octanol–water partition coefficient (Wildman–Crippen LogP) is 3.55. The molecule has 3 aromatic rings. The Balaban J connectivity index is 1.75. The molecule has 0 bridgehead atoms. The number of nitrogens with zero attached hydrogens (tertiary/aromatic N) is 5. The lowest BCUT2D eigenvalue weighted by Crippen LogP contribution is -2.41. The van der Waals surface area contributed by atoms with Gasteiger partial charge < -0.3 is 5.32 Å². The average molecular weight is 423 g/mol. The molecule has 4 rings (SSSR count). The van der Waals surface area contributed by atoms with Crippen LogP contribution >= 0.6 is 11.6 Å². The van der Waals surface area contributed by atoms with Crippen LogP contribution in [-0.4, -0.2) is 39.2 Å². The second-order valence-corrected chi connectivity index (χ2v) is 8.06. The van der Waals surface area contributed by atoms with Crippen LogP contribution in [0.3, 0.4) is 0 Å². The van der Waals surface area contributed by atoms with Gasteiger partial charge in [0.25, 0.3) is 5.95 Å². The highest BCUT2D eigenvalue weighted by molar-refractivity contribution is 6.30. The van der Waals surface area contributed by atoms with Gasteiger partial charge in [0.1, 0.15) is 12.6 Å². The minimum absolute atomic E-state index is 0.0787. The molecule has 0 radical (unpaired) electrons. The van der Waals surface area contributed by atoms with E-state index in [9.17, 15) is 4.79 Å². The van der Waals surface area contributed by atoms with Crippen molar-refractivity contribution in [3.8, 4) is 0 Å². The number of tetrazole rings is 1. The van der Waals surface area contributed by atoms with E-state index in [2.05, 4.69) is 40.8 Å². The number of benzene rings is 2. The number of halogens is 1. The molecule has 1 aliphatic rings. The topological polar surface area (TPSA) is 75.9 Å². The number of hydrogen-bond acceptors (Lipinski definition) is 5. The van der Waals surface area contributed by atoms with Crippen LogP contribution < -0.4 is 10.2 Å². The molecule has 1 aliphatic heterocycles. The molecule has 8 heteroatoms. The third-order valence-electron chi connectivity index (χ3n) is 4.88. The van der Waals surface area contributed by atoms with Crippen molar-refractivity contribution in [2.75, 3.05) is 18.0 Å². The zero-order valence-electron chi connectivity index (χ0n) is 16.9. The molecule has 1 amide bonds. The Kier molecular flexibility index (Phi) is 5.81. The summed E-state index contributed by atoms with van der Waals surface area (Å²) in [4.78, 5) is 14.5. The van der Waals surface area contributed by atoms with Gasteiger partial charge >= 0.3 is 0 Å². The average Bonchev–Trinajstić information content (AvgIpc) is 3.24. The fraction of sp³-hybridized carbons (Fsp3) is 0.273. The lowest BCUT2D eigenvalue weighted by molar-refractivity contribution is -0.119. The number of fused-ring (bicyclic) bond motifs is 1. The summed E-state index contributed by atoms with van der Waals surface area (Å²) in [5, 5.41) is 16.0. The highest BCUT2D eigenvalue weighted by atomic mass is 35.5. The fourth-order valence-electron chi connectivity index (χ4n) is 3.40. The van der Waals surface area contributed by atoms with Gasteiger partial charge in [-0.2, -0.15) is 4.68 Å². The summed E-state index contributed by atoms with van der Waals surface area (Å²) in [6.07, 6.45) is 2.08. The van der Waals surface area contributed by atoms with Crippen molar-refractivity contribution in [3.05, 3.63) is 76.8 Å². The van der Waals surface area contributed by atoms with Crippen LogP contribution in [0.4, 0.5) is 5.95 Å². The quantitative estimate of drug-likeness (QED) is 0.657. The van der Waals surface area contributed by atoms with Gasteiger partial charge in [-0.1, -0.05) is 73.0 Å². The van der Waals surface area contributed by atoms with Crippen LogP contribution in [0.2, 0.25) is 5.02 Å². The van der Waals surface area contributed by atoms with Crippen LogP contribution in [0.15, 0.2) is 60.7 Å². The maximum atomic E-state index is 12.6. The molecule has 2 heterocycles. The third-order valence-corrected chi connectivity index (χ3v) is 5.13. The SMILES string of the molecule is CC(C)CNC(=O)CN1C(c2ccccc2)=C[C@@H](c2ccc(Cl)cc2)n2nnnc21. The Morgan fingerprint density at radius 3 is 2.57 bits per heavy atom. The van der Waals surface area contributed by atoms with E-state index in [0.29, 0.717) is 23.4 Å². The second kappa shape index (κ2) is 8.67. The molecule has 0 spiro atoms. The van der Waals surface area contributed by atoms with Gasteiger partial charge in [-0.15, -0.1) is 0 Å². The summed E-state index contributed by atoms with van der Waals surface area (Å²) in [6.45, 7) is 4.87. The first-order valence-corrected chi connectivity index (χ1v) is 10.3. The summed E-state index contributed by atoms with van der Waals surface area (Å²) < 4.78 is 1.73. The highest BCUT2D eigenvalue weighted by Crippen LogP contribution is 2.36. The van der Waals surface area contributed by atoms with Crippen LogP contribution in [0, 0.1) is 5.92 Å². The minimum atomic E-state index is -0.211. The lowest BCUT2D eigenvalue weighted by Gasteiger charge is -2.32. The largest absolute Gasteiger partial charge is 0.354 e. The Morgan fingerprint density at radius 2 is 1.87 bits per heavy atom. The molecule has 1 N–H and O–H groups in total. The molecule has 0 saturated carbocycles. The smallest absolute Gasteiger partial charge is 0.251 e. The standard InChI is InChI=1S/C22H23ClN6O/c1-15(2)13-24-21(30)14-28-19(16-6-4-3-5-7-16)12-20(29-22(28)25-26-27-29)17-8-10-18(23)11-9-17/h3-12,15,20H,13-14H2,1-2H3,(H,24,30)/t20-/m0/s1. The van der Waals surface area contributed by atoms with E-state index in [-0.39, 0.29) is 18.5 Å². The van der Waals surface area contributed by atoms with Crippen molar-refractivity contribution in [1.29, 1.82) is 0 Å². The van der Waals surface area contributed by atoms with Gasteiger partial charge in [0.2, 0.25) is 5.91 Å². The van der Waals surface area contributed by atoms with E-state index in [0.717, 1.165) is 16.8 Å². The van der Waals surface area contributed by atoms with Gasteiger partial charge in [-0.05, 0) is 45.7 Å². The van der Waals surface area contributed by atoms with Crippen molar-refractivity contribution >= 4 is 29.2 Å². The zero-order valence-corrected chi connectivity index (χ0v) is 17.6. The Morgan fingerprint density at radius 1 is 1.13 bits per heavy atom. The molecule has 154 valence electrons. The van der Waals surface area contributed by atoms with Crippen LogP contribution in [0.1, 0.15) is 31.0 Å². The van der Waals surface area contributed by atoms with Crippen LogP contribution in [0.25, 0.3) is 5.70 Å². The minimum Gasteiger partial charge on any atom is -0.354 e. The van der Waals surface area contributed by atoms with E-state index in [4.69, 9.17) is 11.6 Å². The number of carbonyl (C=O) groups excluding carboxylic acids is 1. The molecular formula is C22H23ClN6O. The number of amides is 1. The normalized spacial score (nSPS) is 15.7. The molecule has 2 aromatic carbocycles. The molecule has 0 unspecified atom stereocenters. The molecule has 0 fully saturated rings. The number of carbonyl (C=O) groups is 1. The van der Waals surface area contributed by atoms with Crippen molar-refractivity contribution in [3.63, 3.8) is 0 Å². The molecule has 0 saturated heterocycles. The van der Waals surface area contributed by atoms with E-state index in [1.807, 2.05) is 59.5 Å². The lowest BCUT2D eigenvalue weighted by atomic mass is 10.0. The number of anilines is 1. The molecule has 7 nitrogen and oxygen atoms in total. The maximum Gasteiger partial charge on any atom is 0.251 e. The van der Waals surface area contributed by atoms with E-state index >= 15 is 0 Å². The first-order chi connectivity index (χ1) is 14.5. The summed E-state index contributed by atoms with van der Waals surface area (Å²) in [5.74, 6) is 0.820. The highest BCUT2D eigenvalue weighted by Gasteiger charge is 2.31. The second-order valence-electron chi connectivity index (χ2n) is 7.62. The van der Waals surface area contributed by atoms with E-state index in [1.54, 1.807) is 4.68 Å². The summed E-state index contributed by atoms with van der Waals surface area (Å²) in [5.41, 5.74) is 2.88. The van der Waals surface area contributed by atoms with Crippen molar-refractivity contribution in [1.82, 2.24) is 25.5 Å². The third kappa shape index (κ3) is 4.21. The monoisotopic (exact) mass is 422 g/mol. The predicted molar refractivity (Wildman–Crippen MR) is 117 cm³/mol. The van der Waals surface area contributed by atoms with E-state index in [1.165, 1.54) is 0 Å². The van der Waals surface area contributed by atoms with Crippen LogP contribution in [0.5, 0.6) is 0 Å².